The van der Waals surface area contributed by atoms with Crippen LogP contribution >= 0.6 is 0 Å². The second-order valence-corrected chi connectivity index (χ2v) is 6.39. The molecular formula is C16H24N6O. The number of hydrogen-bond donors (Lipinski definition) is 0. The van der Waals surface area contributed by atoms with Crippen LogP contribution in [-0.2, 0) is 11.8 Å². The monoisotopic (exact) mass is 316 g/mol. The Morgan fingerprint density at radius 3 is 2.70 bits per heavy atom. The number of aryl methyl sites for hydroxylation is 3. The molecule has 2 aromatic heterocycles. The number of fused-ring (bicyclic) bond motifs is 1. The lowest BCUT2D eigenvalue weighted by atomic mass is 10.1. The van der Waals surface area contributed by atoms with Gasteiger partial charge in [0, 0.05) is 46.1 Å². The molecule has 2 aromatic rings. The number of likely N-dealkylation sites (tertiary alicyclic amines) is 1. The Kier molecular flexibility index (Phi) is 3.95. The van der Waals surface area contributed by atoms with Crippen LogP contribution in [0.2, 0.25) is 0 Å². The topological polar surface area (TPSA) is 67.2 Å². The number of rotatable bonds is 4. The van der Waals surface area contributed by atoms with Crippen molar-refractivity contribution in [2.24, 2.45) is 13.0 Å². The molecule has 3 rings (SSSR count). The molecule has 124 valence electrons. The van der Waals surface area contributed by atoms with Gasteiger partial charge in [0.2, 0.25) is 5.91 Å². The van der Waals surface area contributed by atoms with Crippen molar-refractivity contribution < 1.29 is 4.79 Å². The van der Waals surface area contributed by atoms with E-state index in [1.807, 2.05) is 39.8 Å². The van der Waals surface area contributed by atoms with Gasteiger partial charge in [-0.1, -0.05) is 0 Å². The van der Waals surface area contributed by atoms with E-state index in [2.05, 4.69) is 20.0 Å². The maximum Gasteiger partial charge on any atom is 0.222 e. The molecule has 7 heteroatoms. The van der Waals surface area contributed by atoms with Gasteiger partial charge in [-0.15, -0.1) is 0 Å². The number of aromatic nitrogens is 4. The summed E-state index contributed by atoms with van der Waals surface area (Å²) in [6, 6.07) is 0. The first-order valence-corrected chi connectivity index (χ1v) is 8.07. The molecule has 7 nitrogen and oxygen atoms in total. The predicted octanol–water partition coefficient (Wildman–Crippen LogP) is 1.28. The van der Waals surface area contributed by atoms with Crippen LogP contribution in [0.4, 0.5) is 5.82 Å². The summed E-state index contributed by atoms with van der Waals surface area (Å²) in [5, 5.41) is 5.47. The molecule has 0 bridgehead atoms. The molecule has 0 N–H and O–H groups in total. The lowest BCUT2D eigenvalue weighted by molar-refractivity contribution is -0.127. The molecule has 0 saturated carbocycles. The zero-order valence-electron chi connectivity index (χ0n) is 14.5. The molecule has 1 fully saturated rings. The maximum atomic E-state index is 11.9. The third kappa shape index (κ3) is 2.75. The quantitative estimate of drug-likeness (QED) is 0.850. The zero-order valence-corrected chi connectivity index (χ0v) is 14.5. The van der Waals surface area contributed by atoms with Crippen molar-refractivity contribution in [2.75, 3.05) is 31.6 Å². The fraction of sp³-hybridized carbons (Fsp3) is 0.625. The molecule has 1 atom stereocenters. The Balaban J connectivity index is 1.89. The van der Waals surface area contributed by atoms with Gasteiger partial charge in [-0.05, 0) is 20.8 Å². The van der Waals surface area contributed by atoms with Gasteiger partial charge in [0.15, 0.2) is 5.65 Å². The highest BCUT2D eigenvalue weighted by Gasteiger charge is 2.30. The molecule has 0 spiro atoms. The molecule has 23 heavy (non-hydrogen) atoms. The van der Waals surface area contributed by atoms with Gasteiger partial charge in [0.1, 0.15) is 11.6 Å². The third-order valence-corrected chi connectivity index (χ3v) is 4.52. The Labute approximate surface area is 136 Å². The van der Waals surface area contributed by atoms with E-state index in [0.29, 0.717) is 12.3 Å². The van der Waals surface area contributed by atoms with Crippen molar-refractivity contribution in [1.82, 2.24) is 24.6 Å². The highest BCUT2D eigenvalue weighted by atomic mass is 16.2. The van der Waals surface area contributed by atoms with Gasteiger partial charge in [-0.3, -0.25) is 9.48 Å². The lowest BCUT2D eigenvalue weighted by Gasteiger charge is -2.23. The van der Waals surface area contributed by atoms with Crippen molar-refractivity contribution >= 4 is 22.8 Å². The number of amides is 1. The van der Waals surface area contributed by atoms with E-state index in [0.717, 1.165) is 48.0 Å². The molecule has 0 aromatic carbocycles. The second-order valence-electron chi connectivity index (χ2n) is 6.39. The first kappa shape index (κ1) is 15.7. The van der Waals surface area contributed by atoms with Crippen LogP contribution in [0.5, 0.6) is 0 Å². The lowest BCUT2D eigenvalue weighted by Crippen LogP contribution is -2.29. The van der Waals surface area contributed by atoms with E-state index in [1.165, 1.54) is 0 Å². The van der Waals surface area contributed by atoms with Gasteiger partial charge in [0.25, 0.3) is 0 Å². The Morgan fingerprint density at radius 1 is 1.30 bits per heavy atom. The zero-order chi connectivity index (χ0) is 16.7. The minimum Gasteiger partial charge on any atom is -0.359 e. The van der Waals surface area contributed by atoms with Crippen LogP contribution in [0.15, 0.2) is 0 Å². The van der Waals surface area contributed by atoms with Gasteiger partial charge in [0.05, 0.1) is 11.1 Å². The van der Waals surface area contributed by atoms with E-state index in [1.54, 1.807) is 4.68 Å². The number of carbonyl (C=O) groups excluding carboxylic acids is 1. The molecular weight excluding hydrogens is 292 g/mol. The van der Waals surface area contributed by atoms with Crippen molar-refractivity contribution in [2.45, 2.75) is 27.2 Å². The Bertz CT molecular complexity index is 753. The number of anilines is 1. The normalized spacial score (nSPS) is 18.2. The highest BCUT2D eigenvalue weighted by Crippen LogP contribution is 2.27. The minimum atomic E-state index is 0.257. The van der Waals surface area contributed by atoms with E-state index >= 15 is 0 Å². The predicted molar refractivity (Wildman–Crippen MR) is 89.4 cm³/mol. The van der Waals surface area contributed by atoms with E-state index in [4.69, 9.17) is 0 Å². The molecule has 1 aliphatic heterocycles. The van der Waals surface area contributed by atoms with Gasteiger partial charge >= 0.3 is 0 Å². The van der Waals surface area contributed by atoms with Crippen LogP contribution in [0.25, 0.3) is 11.0 Å². The molecule has 0 aliphatic carbocycles. The summed E-state index contributed by atoms with van der Waals surface area (Å²) in [6.45, 7) is 8.34. The Morgan fingerprint density at radius 2 is 2.04 bits per heavy atom. The van der Waals surface area contributed by atoms with E-state index in [-0.39, 0.29) is 5.91 Å². The first-order chi connectivity index (χ1) is 10.9. The standard InChI is InChI=1S/C16H24N6O/c1-6-22-9-12(7-13(22)23)8-20(4)15-14-10(2)19-21(5)16(14)18-11(3)17-15/h12H,6-9H2,1-5H3. The summed E-state index contributed by atoms with van der Waals surface area (Å²) in [5.74, 6) is 2.24. The van der Waals surface area contributed by atoms with Crippen molar-refractivity contribution in [1.29, 1.82) is 0 Å². The fourth-order valence-corrected chi connectivity index (χ4v) is 3.46. The first-order valence-electron chi connectivity index (χ1n) is 8.07. The summed E-state index contributed by atoms with van der Waals surface area (Å²) in [6.07, 6.45) is 0.622. The van der Waals surface area contributed by atoms with Gasteiger partial charge in [-0.25, -0.2) is 9.97 Å². The average Bonchev–Trinajstić information content (AvgIpc) is 2.98. The van der Waals surface area contributed by atoms with Crippen LogP contribution in [-0.4, -0.2) is 57.2 Å². The minimum absolute atomic E-state index is 0.257. The van der Waals surface area contributed by atoms with E-state index < -0.39 is 0 Å². The smallest absolute Gasteiger partial charge is 0.222 e. The van der Waals surface area contributed by atoms with Gasteiger partial charge < -0.3 is 9.80 Å². The average molecular weight is 316 g/mol. The summed E-state index contributed by atoms with van der Waals surface area (Å²) in [4.78, 5) is 25.1. The second kappa shape index (κ2) is 5.79. The van der Waals surface area contributed by atoms with Crippen LogP contribution in [0, 0.1) is 19.8 Å². The molecule has 0 radical (unpaired) electrons. The molecule has 3 heterocycles. The van der Waals surface area contributed by atoms with Crippen molar-refractivity contribution in [3.8, 4) is 0 Å². The third-order valence-electron chi connectivity index (χ3n) is 4.52. The van der Waals surface area contributed by atoms with E-state index in [9.17, 15) is 4.79 Å². The van der Waals surface area contributed by atoms with Crippen molar-refractivity contribution in [3.63, 3.8) is 0 Å². The highest BCUT2D eigenvalue weighted by molar-refractivity contribution is 5.89. The van der Waals surface area contributed by atoms with Crippen molar-refractivity contribution in [3.05, 3.63) is 11.5 Å². The van der Waals surface area contributed by atoms with Crippen LogP contribution < -0.4 is 4.90 Å². The van der Waals surface area contributed by atoms with Crippen LogP contribution in [0.1, 0.15) is 24.9 Å². The number of hydrogen-bond acceptors (Lipinski definition) is 5. The fourth-order valence-electron chi connectivity index (χ4n) is 3.46. The summed E-state index contributed by atoms with van der Waals surface area (Å²) < 4.78 is 1.80. The Hall–Kier alpha value is -2.18. The molecule has 1 amide bonds. The SMILES string of the molecule is CCN1CC(CN(C)c2nc(C)nc3c2c(C)nn3C)CC1=O. The van der Waals surface area contributed by atoms with Crippen LogP contribution in [0.3, 0.4) is 0 Å². The number of nitrogens with zero attached hydrogens (tertiary/aromatic N) is 6. The number of carbonyl (C=O) groups is 1. The molecule has 1 unspecified atom stereocenters. The summed E-state index contributed by atoms with van der Waals surface area (Å²) in [7, 11) is 3.94. The molecule has 1 saturated heterocycles. The molecule has 1 aliphatic rings. The summed E-state index contributed by atoms with van der Waals surface area (Å²) in [5.41, 5.74) is 1.79. The maximum absolute atomic E-state index is 11.9. The largest absolute Gasteiger partial charge is 0.359 e. The summed E-state index contributed by atoms with van der Waals surface area (Å²) >= 11 is 0. The van der Waals surface area contributed by atoms with Gasteiger partial charge in [-0.2, -0.15) is 5.10 Å².